The van der Waals surface area contributed by atoms with Crippen molar-refractivity contribution in [1.29, 1.82) is 0 Å². The summed E-state index contributed by atoms with van der Waals surface area (Å²) >= 11 is 0. The quantitative estimate of drug-likeness (QED) is 0.899. The van der Waals surface area contributed by atoms with E-state index >= 15 is 0 Å². The molecule has 1 atom stereocenters. The summed E-state index contributed by atoms with van der Waals surface area (Å²) in [7, 11) is 1.96. The number of hydrogen-bond acceptors (Lipinski definition) is 2. The molecule has 0 aliphatic carbocycles. The summed E-state index contributed by atoms with van der Waals surface area (Å²) in [5.41, 5.74) is 2.29. The molecule has 0 fully saturated rings. The van der Waals surface area contributed by atoms with Crippen LogP contribution in [0.25, 0.3) is 0 Å². The lowest BCUT2D eigenvalue weighted by molar-refractivity contribution is 0.213. The highest BCUT2D eigenvalue weighted by molar-refractivity contribution is 5.31. The molecule has 1 aliphatic heterocycles. The van der Waals surface area contributed by atoms with Crippen molar-refractivity contribution in [1.82, 2.24) is 5.32 Å². The lowest BCUT2D eigenvalue weighted by atomic mass is 9.74. The smallest absolute Gasteiger partial charge is 0.123 e. The average molecular weight is 263 g/mol. The number of hydrogen-bond donors (Lipinski definition) is 1. The van der Waals surface area contributed by atoms with E-state index in [1.807, 2.05) is 25.4 Å². The minimum Gasteiger partial charge on any atom is -0.501 e. The van der Waals surface area contributed by atoms with Gasteiger partial charge in [0.25, 0.3) is 0 Å². The summed E-state index contributed by atoms with van der Waals surface area (Å²) in [6, 6.07) is 6.97. The molecule has 2 nitrogen and oxygen atoms in total. The van der Waals surface area contributed by atoms with Crippen molar-refractivity contribution in [3.63, 3.8) is 0 Å². The van der Waals surface area contributed by atoms with E-state index in [9.17, 15) is 4.39 Å². The van der Waals surface area contributed by atoms with Crippen molar-refractivity contribution in [2.45, 2.75) is 38.1 Å². The molecule has 3 heteroatoms. The number of rotatable bonds is 4. The Kier molecular flexibility index (Phi) is 4.25. The predicted octanol–water partition coefficient (Wildman–Crippen LogP) is 3.39. The molecule has 0 amide bonds. The van der Waals surface area contributed by atoms with Crippen LogP contribution in [0.1, 0.15) is 32.3 Å². The van der Waals surface area contributed by atoms with E-state index in [2.05, 4.69) is 19.2 Å². The molecular formula is C16H22FNO. The van der Waals surface area contributed by atoms with E-state index in [0.717, 1.165) is 25.0 Å². The van der Waals surface area contributed by atoms with Crippen LogP contribution in [0, 0.1) is 5.82 Å². The first-order valence-electron chi connectivity index (χ1n) is 6.79. The Morgan fingerprint density at radius 2 is 1.95 bits per heavy atom. The molecular weight excluding hydrogens is 241 g/mol. The monoisotopic (exact) mass is 263 g/mol. The molecule has 19 heavy (non-hydrogen) atoms. The van der Waals surface area contributed by atoms with E-state index in [1.54, 1.807) is 0 Å². The van der Waals surface area contributed by atoms with Crippen LogP contribution in [0.2, 0.25) is 0 Å². The van der Waals surface area contributed by atoms with Gasteiger partial charge in [-0.1, -0.05) is 26.0 Å². The van der Waals surface area contributed by atoms with Crippen LogP contribution in [-0.4, -0.2) is 19.7 Å². The van der Waals surface area contributed by atoms with Gasteiger partial charge in [0.2, 0.25) is 0 Å². The van der Waals surface area contributed by atoms with Gasteiger partial charge in [0, 0.05) is 11.5 Å². The zero-order valence-corrected chi connectivity index (χ0v) is 11.9. The van der Waals surface area contributed by atoms with Crippen LogP contribution in [0.15, 0.2) is 36.1 Å². The Bertz CT molecular complexity index is 450. The Balaban J connectivity index is 2.29. The molecule has 0 saturated heterocycles. The van der Waals surface area contributed by atoms with Gasteiger partial charge in [0.1, 0.15) is 5.82 Å². The van der Waals surface area contributed by atoms with Gasteiger partial charge in [-0.05, 0) is 43.2 Å². The number of halogens is 1. The fourth-order valence-electron chi connectivity index (χ4n) is 2.85. The largest absolute Gasteiger partial charge is 0.501 e. The van der Waals surface area contributed by atoms with Crippen molar-refractivity contribution in [2.75, 3.05) is 13.7 Å². The van der Waals surface area contributed by atoms with Gasteiger partial charge in [-0.2, -0.15) is 0 Å². The Labute approximate surface area is 114 Å². The second-order valence-corrected chi connectivity index (χ2v) is 5.62. The van der Waals surface area contributed by atoms with Crippen LogP contribution < -0.4 is 5.32 Å². The first-order chi connectivity index (χ1) is 9.05. The Morgan fingerprint density at radius 3 is 2.47 bits per heavy atom. The standard InChI is InChI=1S/C16H22FNO/c1-16(2,13-6-8-14(17)9-7-13)15(18-3)12-5-4-10-19-11-12/h6-9,11,15,18H,4-5,10H2,1-3H3. The van der Waals surface area contributed by atoms with Crippen LogP contribution in [-0.2, 0) is 10.2 Å². The van der Waals surface area contributed by atoms with Gasteiger partial charge in [0.05, 0.1) is 12.9 Å². The normalized spacial score (nSPS) is 17.6. The van der Waals surface area contributed by atoms with Crippen LogP contribution in [0.5, 0.6) is 0 Å². The molecule has 0 spiro atoms. The maximum Gasteiger partial charge on any atom is 0.123 e. The third-order valence-corrected chi connectivity index (χ3v) is 3.93. The lowest BCUT2D eigenvalue weighted by Gasteiger charge is -2.37. The highest BCUT2D eigenvalue weighted by atomic mass is 19.1. The van der Waals surface area contributed by atoms with Gasteiger partial charge < -0.3 is 10.1 Å². The van der Waals surface area contributed by atoms with Crippen LogP contribution >= 0.6 is 0 Å². The number of nitrogens with one attached hydrogen (secondary N) is 1. The molecule has 1 aromatic rings. The van der Waals surface area contributed by atoms with Crippen molar-refractivity contribution in [3.8, 4) is 0 Å². The summed E-state index contributed by atoms with van der Waals surface area (Å²) in [5, 5.41) is 3.38. The average Bonchev–Trinajstić information content (AvgIpc) is 2.41. The van der Waals surface area contributed by atoms with E-state index in [-0.39, 0.29) is 17.3 Å². The number of ether oxygens (including phenoxy) is 1. The summed E-state index contributed by atoms with van der Waals surface area (Å²) < 4.78 is 18.5. The fourth-order valence-corrected chi connectivity index (χ4v) is 2.85. The Morgan fingerprint density at radius 1 is 1.26 bits per heavy atom. The highest BCUT2D eigenvalue weighted by Gasteiger charge is 2.33. The second-order valence-electron chi connectivity index (χ2n) is 5.62. The third-order valence-electron chi connectivity index (χ3n) is 3.93. The van der Waals surface area contributed by atoms with Crippen molar-refractivity contribution >= 4 is 0 Å². The zero-order chi connectivity index (χ0) is 13.9. The first kappa shape index (κ1) is 14.1. The topological polar surface area (TPSA) is 21.3 Å². The Hall–Kier alpha value is -1.35. The van der Waals surface area contributed by atoms with Crippen LogP contribution in [0.4, 0.5) is 4.39 Å². The van der Waals surface area contributed by atoms with Gasteiger partial charge in [-0.3, -0.25) is 0 Å². The van der Waals surface area contributed by atoms with Gasteiger partial charge in [-0.15, -0.1) is 0 Å². The zero-order valence-electron chi connectivity index (χ0n) is 11.9. The van der Waals surface area contributed by atoms with Crippen molar-refractivity contribution in [2.24, 2.45) is 0 Å². The highest BCUT2D eigenvalue weighted by Crippen LogP contribution is 2.33. The molecule has 1 N–H and O–H groups in total. The molecule has 0 bridgehead atoms. The molecule has 104 valence electrons. The predicted molar refractivity (Wildman–Crippen MR) is 75.5 cm³/mol. The molecule has 1 unspecified atom stereocenters. The number of likely N-dealkylation sites (N-methyl/N-ethyl adjacent to an activating group) is 1. The maximum absolute atomic E-state index is 13.1. The minimum absolute atomic E-state index is 0.116. The van der Waals surface area contributed by atoms with Crippen LogP contribution in [0.3, 0.4) is 0 Å². The van der Waals surface area contributed by atoms with E-state index < -0.39 is 0 Å². The molecule has 1 aliphatic rings. The first-order valence-corrected chi connectivity index (χ1v) is 6.79. The summed E-state index contributed by atoms with van der Waals surface area (Å²) in [6.45, 7) is 5.16. The SMILES string of the molecule is CNC(C1=COCCC1)C(C)(C)c1ccc(F)cc1. The maximum atomic E-state index is 13.1. The molecule has 0 radical (unpaired) electrons. The summed E-state index contributed by atoms with van der Waals surface area (Å²) in [6.07, 6.45) is 4.00. The van der Waals surface area contributed by atoms with Crippen molar-refractivity contribution in [3.05, 3.63) is 47.5 Å². The van der Waals surface area contributed by atoms with Gasteiger partial charge in [-0.25, -0.2) is 4.39 Å². The molecule has 1 heterocycles. The minimum atomic E-state index is -0.194. The lowest BCUT2D eigenvalue weighted by Crippen LogP contribution is -2.45. The summed E-state index contributed by atoms with van der Waals surface area (Å²) in [5.74, 6) is -0.194. The summed E-state index contributed by atoms with van der Waals surface area (Å²) in [4.78, 5) is 0. The van der Waals surface area contributed by atoms with E-state index in [1.165, 1.54) is 17.7 Å². The molecule has 0 aromatic heterocycles. The fraction of sp³-hybridized carbons (Fsp3) is 0.500. The van der Waals surface area contributed by atoms with Gasteiger partial charge >= 0.3 is 0 Å². The van der Waals surface area contributed by atoms with E-state index in [0.29, 0.717) is 0 Å². The second kappa shape index (κ2) is 5.74. The number of benzene rings is 1. The molecule has 1 aromatic carbocycles. The van der Waals surface area contributed by atoms with E-state index in [4.69, 9.17) is 4.74 Å². The molecule has 2 rings (SSSR count). The van der Waals surface area contributed by atoms with Crippen molar-refractivity contribution < 1.29 is 9.13 Å². The molecule has 0 saturated carbocycles. The van der Waals surface area contributed by atoms with Gasteiger partial charge in [0.15, 0.2) is 0 Å². The third kappa shape index (κ3) is 2.98.